The van der Waals surface area contributed by atoms with Crippen LogP contribution in [0.15, 0.2) is 0 Å². The number of rotatable bonds is 4. The van der Waals surface area contributed by atoms with Crippen LogP contribution in [0.5, 0.6) is 0 Å². The van der Waals surface area contributed by atoms with Crippen molar-refractivity contribution >= 4 is 11.8 Å². The highest BCUT2D eigenvalue weighted by atomic mass is 16.5. The number of hydrogen-bond acceptors (Lipinski definition) is 3. The van der Waals surface area contributed by atoms with Crippen molar-refractivity contribution in [3.05, 3.63) is 0 Å². The standard InChI is InChI=1S/C23H36N2O3/c26-21(19-4-2-1-3-5-19)24-20(22(27)25-6-8-28-9-7-25)23-13-16-10-17(14-23)12-18(11-16)15-23/h16-20H,1-15H2,(H,24,26)/t16?,17?,18?,20-,23?/m0/s1. The van der Waals surface area contributed by atoms with Crippen molar-refractivity contribution in [3.8, 4) is 0 Å². The lowest BCUT2D eigenvalue weighted by atomic mass is 9.47. The summed E-state index contributed by atoms with van der Waals surface area (Å²) in [5, 5.41) is 3.37. The van der Waals surface area contributed by atoms with Gasteiger partial charge in [-0.05, 0) is 69.1 Å². The van der Waals surface area contributed by atoms with Crippen LogP contribution in [0.25, 0.3) is 0 Å². The summed E-state index contributed by atoms with van der Waals surface area (Å²) in [4.78, 5) is 28.8. The van der Waals surface area contributed by atoms with Gasteiger partial charge in [-0.3, -0.25) is 9.59 Å². The molecule has 1 heterocycles. The molecule has 2 amide bonds. The first-order chi connectivity index (χ1) is 13.6. The number of carbonyl (C=O) groups excluding carboxylic acids is 2. The largest absolute Gasteiger partial charge is 0.378 e. The Hall–Kier alpha value is -1.10. The molecule has 6 rings (SSSR count). The Morgan fingerprint density at radius 1 is 0.893 bits per heavy atom. The molecule has 6 fully saturated rings. The van der Waals surface area contributed by atoms with E-state index >= 15 is 0 Å². The summed E-state index contributed by atoms with van der Waals surface area (Å²) < 4.78 is 5.47. The molecule has 5 heteroatoms. The van der Waals surface area contributed by atoms with Gasteiger partial charge in [0.25, 0.3) is 0 Å². The van der Waals surface area contributed by atoms with Gasteiger partial charge in [-0.1, -0.05) is 19.3 Å². The third-order valence-corrected chi connectivity index (χ3v) is 8.53. The Labute approximate surface area is 168 Å². The van der Waals surface area contributed by atoms with E-state index in [0.717, 1.165) is 62.7 Å². The molecule has 1 saturated heterocycles. The van der Waals surface area contributed by atoms with E-state index in [-0.39, 0.29) is 29.2 Å². The Balaban J connectivity index is 1.39. The first-order valence-electron chi connectivity index (χ1n) is 11.8. The number of nitrogens with one attached hydrogen (secondary N) is 1. The fourth-order valence-corrected chi connectivity index (χ4v) is 7.60. The zero-order valence-electron chi connectivity index (χ0n) is 17.2. The second-order valence-corrected chi connectivity index (χ2v) is 10.5. The molecule has 1 aliphatic heterocycles. The van der Waals surface area contributed by atoms with Crippen LogP contribution < -0.4 is 5.32 Å². The van der Waals surface area contributed by atoms with Crippen LogP contribution in [0.1, 0.15) is 70.6 Å². The van der Waals surface area contributed by atoms with Gasteiger partial charge in [0, 0.05) is 24.4 Å². The lowest BCUT2D eigenvalue weighted by Crippen LogP contribution is -2.63. The predicted octanol–water partition coefficient (Wildman–Crippen LogP) is 3.13. The Morgan fingerprint density at radius 2 is 1.46 bits per heavy atom. The van der Waals surface area contributed by atoms with Crippen molar-refractivity contribution in [2.45, 2.75) is 76.7 Å². The van der Waals surface area contributed by atoms with E-state index in [4.69, 9.17) is 4.74 Å². The predicted molar refractivity (Wildman–Crippen MR) is 107 cm³/mol. The number of nitrogens with zero attached hydrogens (tertiary/aromatic N) is 1. The van der Waals surface area contributed by atoms with Gasteiger partial charge in [0.05, 0.1) is 13.2 Å². The first-order valence-corrected chi connectivity index (χ1v) is 11.8. The molecule has 4 bridgehead atoms. The monoisotopic (exact) mass is 388 g/mol. The quantitative estimate of drug-likeness (QED) is 0.805. The minimum atomic E-state index is -0.312. The smallest absolute Gasteiger partial charge is 0.245 e. The van der Waals surface area contributed by atoms with Gasteiger partial charge in [-0.15, -0.1) is 0 Å². The average molecular weight is 389 g/mol. The van der Waals surface area contributed by atoms with Gasteiger partial charge in [-0.25, -0.2) is 0 Å². The molecule has 6 aliphatic rings. The van der Waals surface area contributed by atoms with Crippen molar-refractivity contribution in [1.29, 1.82) is 0 Å². The molecular formula is C23H36N2O3. The van der Waals surface area contributed by atoms with Gasteiger partial charge in [0.15, 0.2) is 0 Å². The van der Waals surface area contributed by atoms with Crippen LogP contribution >= 0.6 is 0 Å². The van der Waals surface area contributed by atoms with Crippen molar-refractivity contribution in [1.82, 2.24) is 10.2 Å². The van der Waals surface area contributed by atoms with Crippen molar-refractivity contribution in [2.75, 3.05) is 26.3 Å². The summed E-state index contributed by atoms with van der Waals surface area (Å²) in [6, 6.07) is -0.312. The van der Waals surface area contributed by atoms with Crippen LogP contribution in [0.2, 0.25) is 0 Å². The summed E-state index contributed by atoms with van der Waals surface area (Å²) in [7, 11) is 0. The molecule has 0 spiro atoms. The fraction of sp³-hybridized carbons (Fsp3) is 0.913. The molecule has 0 aromatic rings. The molecule has 0 unspecified atom stereocenters. The molecule has 5 saturated carbocycles. The summed E-state index contributed by atoms with van der Waals surface area (Å²) >= 11 is 0. The molecule has 156 valence electrons. The highest BCUT2D eigenvalue weighted by molar-refractivity contribution is 5.89. The van der Waals surface area contributed by atoms with Crippen LogP contribution in [-0.2, 0) is 14.3 Å². The summed E-state index contributed by atoms with van der Waals surface area (Å²) in [5.74, 6) is 2.77. The van der Waals surface area contributed by atoms with Crippen molar-refractivity contribution in [3.63, 3.8) is 0 Å². The molecule has 5 nitrogen and oxygen atoms in total. The second-order valence-electron chi connectivity index (χ2n) is 10.5. The second kappa shape index (κ2) is 7.62. The number of ether oxygens (including phenoxy) is 1. The molecular weight excluding hydrogens is 352 g/mol. The Morgan fingerprint density at radius 3 is 2.04 bits per heavy atom. The van der Waals surface area contributed by atoms with Crippen LogP contribution in [0, 0.1) is 29.1 Å². The van der Waals surface area contributed by atoms with Crippen LogP contribution in [0.4, 0.5) is 0 Å². The van der Waals surface area contributed by atoms with E-state index < -0.39 is 0 Å². The van der Waals surface area contributed by atoms with E-state index in [1.54, 1.807) is 0 Å². The van der Waals surface area contributed by atoms with E-state index in [9.17, 15) is 9.59 Å². The minimum Gasteiger partial charge on any atom is -0.378 e. The maximum atomic E-state index is 13.7. The highest BCUT2D eigenvalue weighted by Crippen LogP contribution is 2.61. The summed E-state index contributed by atoms with van der Waals surface area (Å²) in [5.41, 5.74) is 0.00840. The van der Waals surface area contributed by atoms with Gasteiger partial charge < -0.3 is 15.0 Å². The lowest BCUT2D eigenvalue weighted by Gasteiger charge is -2.59. The van der Waals surface area contributed by atoms with Gasteiger partial charge >= 0.3 is 0 Å². The average Bonchev–Trinajstić information content (AvgIpc) is 2.71. The molecule has 1 N–H and O–H groups in total. The topological polar surface area (TPSA) is 58.6 Å². The molecule has 1 atom stereocenters. The van der Waals surface area contributed by atoms with Crippen LogP contribution in [-0.4, -0.2) is 49.1 Å². The zero-order valence-corrected chi connectivity index (χ0v) is 17.2. The Kier molecular flexibility index (Phi) is 5.14. The van der Waals surface area contributed by atoms with Crippen molar-refractivity contribution in [2.24, 2.45) is 29.1 Å². The third kappa shape index (κ3) is 3.48. The minimum absolute atomic E-state index is 0.00840. The van der Waals surface area contributed by atoms with E-state index in [1.807, 2.05) is 4.90 Å². The Bertz CT molecular complexity index is 572. The summed E-state index contributed by atoms with van der Waals surface area (Å²) in [6.07, 6.45) is 13.0. The van der Waals surface area contributed by atoms with Crippen LogP contribution in [0.3, 0.4) is 0 Å². The molecule has 28 heavy (non-hydrogen) atoms. The molecule has 0 aromatic carbocycles. The van der Waals surface area contributed by atoms with E-state index in [0.29, 0.717) is 26.3 Å². The molecule has 0 aromatic heterocycles. The first kappa shape index (κ1) is 18.9. The fourth-order valence-electron chi connectivity index (χ4n) is 7.60. The zero-order chi connectivity index (χ0) is 19.1. The summed E-state index contributed by atoms with van der Waals surface area (Å²) in [6.45, 7) is 2.58. The third-order valence-electron chi connectivity index (χ3n) is 8.53. The van der Waals surface area contributed by atoms with Gasteiger partial charge in [0.2, 0.25) is 11.8 Å². The van der Waals surface area contributed by atoms with Gasteiger partial charge in [0.1, 0.15) is 6.04 Å². The maximum absolute atomic E-state index is 13.7. The number of amides is 2. The normalized spacial score (nSPS) is 39.0. The highest BCUT2D eigenvalue weighted by Gasteiger charge is 2.57. The SMILES string of the molecule is O=C(N[C@@H](C(=O)N1CCOCC1)C12CC3CC(CC(C3)C1)C2)C1CCCCC1. The van der Waals surface area contributed by atoms with E-state index in [2.05, 4.69) is 5.32 Å². The maximum Gasteiger partial charge on any atom is 0.245 e. The molecule has 0 radical (unpaired) electrons. The number of hydrogen-bond donors (Lipinski definition) is 1. The van der Waals surface area contributed by atoms with Gasteiger partial charge in [-0.2, -0.15) is 0 Å². The molecule has 5 aliphatic carbocycles. The number of morpholine rings is 1. The number of carbonyl (C=O) groups is 2. The van der Waals surface area contributed by atoms with E-state index in [1.165, 1.54) is 25.7 Å². The lowest BCUT2D eigenvalue weighted by molar-refractivity contribution is -0.153. The van der Waals surface area contributed by atoms with Crippen molar-refractivity contribution < 1.29 is 14.3 Å².